The number of hydrogen-bond acceptors (Lipinski definition) is 3. The maximum atomic E-state index is 11.8. The van der Waals surface area contributed by atoms with Gasteiger partial charge in [0.2, 0.25) is 5.91 Å². The van der Waals surface area contributed by atoms with Gasteiger partial charge in [0.15, 0.2) is 0 Å². The largest absolute Gasteiger partial charge is 0.352 e. The van der Waals surface area contributed by atoms with E-state index < -0.39 is 0 Å². The summed E-state index contributed by atoms with van der Waals surface area (Å²) in [6, 6.07) is 14.5. The molecule has 2 amide bonds. The minimum absolute atomic E-state index is 0.105. The van der Waals surface area contributed by atoms with E-state index in [1.807, 2.05) is 37.3 Å². The second-order valence-corrected chi connectivity index (χ2v) is 4.94. The maximum Gasteiger partial charge on any atom is 0.251 e. The first-order valence-electron chi connectivity index (χ1n) is 7.22. The first-order chi connectivity index (χ1) is 10.6. The van der Waals surface area contributed by atoms with Gasteiger partial charge >= 0.3 is 0 Å². The van der Waals surface area contributed by atoms with Crippen molar-refractivity contribution in [3.8, 4) is 0 Å². The molecule has 0 saturated heterocycles. The van der Waals surface area contributed by atoms with Crippen molar-refractivity contribution in [2.45, 2.75) is 19.8 Å². The molecule has 2 aromatic rings. The van der Waals surface area contributed by atoms with Crippen LogP contribution >= 0.6 is 0 Å². The number of anilines is 1. The van der Waals surface area contributed by atoms with Crippen molar-refractivity contribution < 1.29 is 9.59 Å². The number of pyridine rings is 1. The van der Waals surface area contributed by atoms with Crippen LogP contribution in [0.15, 0.2) is 48.5 Å². The molecule has 5 heteroatoms. The summed E-state index contributed by atoms with van der Waals surface area (Å²) in [5.41, 5.74) is 1.48. The average Bonchev–Trinajstić information content (AvgIpc) is 2.52. The molecule has 0 aliphatic rings. The third-order valence-corrected chi connectivity index (χ3v) is 3.06. The highest BCUT2D eigenvalue weighted by Gasteiger charge is 2.06. The van der Waals surface area contributed by atoms with E-state index in [1.54, 1.807) is 18.2 Å². The normalized spacial score (nSPS) is 10.0. The van der Waals surface area contributed by atoms with Gasteiger partial charge in [-0.2, -0.15) is 0 Å². The Morgan fingerprint density at radius 3 is 2.55 bits per heavy atom. The van der Waals surface area contributed by atoms with Gasteiger partial charge in [-0.15, -0.1) is 0 Å². The quantitative estimate of drug-likeness (QED) is 0.805. The second-order valence-electron chi connectivity index (χ2n) is 4.94. The summed E-state index contributed by atoms with van der Waals surface area (Å²) in [5.74, 6) is 0.326. The van der Waals surface area contributed by atoms with Crippen LogP contribution in [-0.4, -0.2) is 23.3 Å². The van der Waals surface area contributed by atoms with Crippen molar-refractivity contribution in [3.63, 3.8) is 0 Å². The fourth-order valence-corrected chi connectivity index (χ4v) is 1.96. The Labute approximate surface area is 129 Å². The summed E-state index contributed by atoms with van der Waals surface area (Å²) < 4.78 is 0. The van der Waals surface area contributed by atoms with Gasteiger partial charge in [-0.25, -0.2) is 4.98 Å². The fourth-order valence-electron chi connectivity index (χ4n) is 1.96. The lowest BCUT2D eigenvalue weighted by atomic mass is 10.2. The molecule has 0 saturated carbocycles. The third-order valence-electron chi connectivity index (χ3n) is 3.06. The molecule has 22 heavy (non-hydrogen) atoms. The highest BCUT2D eigenvalue weighted by molar-refractivity contribution is 5.94. The molecule has 0 radical (unpaired) electrons. The van der Waals surface area contributed by atoms with Crippen LogP contribution in [0.2, 0.25) is 0 Å². The Hall–Kier alpha value is -2.69. The highest BCUT2D eigenvalue weighted by Crippen LogP contribution is 2.05. The molecular weight excluding hydrogens is 278 g/mol. The predicted octanol–water partition coefficient (Wildman–Crippen LogP) is 2.54. The number of aryl methyl sites for hydroxylation is 1. The monoisotopic (exact) mass is 297 g/mol. The van der Waals surface area contributed by atoms with E-state index in [-0.39, 0.29) is 11.8 Å². The minimum Gasteiger partial charge on any atom is -0.352 e. The highest BCUT2D eigenvalue weighted by atomic mass is 16.2. The average molecular weight is 297 g/mol. The molecule has 0 aliphatic heterocycles. The lowest BCUT2D eigenvalue weighted by molar-refractivity contribution is -0.116. The molecule has 114 valence electrons. The van der Waals surface area contributed by atoms with E-state index in [2.05, 4.69) is 15.6 Å². The van der Waals surface area contributed by atoms with Gasteiger partial charge in [0.05, 0.1) is 0 Å². The number of carbonyl (C=O) groups is 2. The Kier molecular flexibility index (Phi) is 5.65. The molecule has 0 spiro atoms. The van der Waals surface area contributed by atoms with Gasteiger partial charge in [-0.1, -0.05) is 24.3 Å². The number of benzene rings is 1. The van der Waals surface area contributed by atoms with Gasteiger partial charge in [0, 0.05) is 24.2 Å². The van der Waals surface area contributed by atoms with Crippen LogP contribution < -0.4 is 10.6 Å². The SMILES string of the molecule is Cc1cccc(NC(=O)CCCNC(=O)c2ccccc2)n1. The standard InChI is InChI=1S/C17H19N3O2/c1-13-7-5-10-15(19-13)20-16(21)11-6-12-18-17(22)14-8-3-2-4-9-14/h2-5,7-10H,6,11-12H2,1H3,(H,18,22)(H,19,20,21). The van der Waals surface area contributed by atoms with Crippen LogP contribution in [0.1, 0.15) is 28.9 Å². The van der Waals surface area contributed by atoms with Crippen LogP contribution in [0.4, 0.5) is 5.82 Å². The van der Waals surface area contributed by atoms with Gasteiger partial charge in [0.25, 0.3) is 5.91 Å². The molecule has 0 bridgehead atoms. The zero-order valence-electron chi connectivity index (χ0n) is 12.5. The molecule has 1 heterocycles. The number of nitrogens with one attached hydrogen (secondary N) is 2. The number of carbonyl (C=O) groups excluding carboxylic acids is 2. The summed E-state index contributed by atoms with van der Waals surface area (Å²) in [7, 11) is 0. The molecule has 0 unspecified atom stereocenters. The van der Waals surface area contributed by atoms with E-state index in [4.69, 9.17) is 0 Å². The number of amides is 2. The molecule has 5 nitrogen and oxygen atoms in total. The molecule has 0 aliphatic carbocycles. The Morgan fingerprint density at radius 2 is 1.82 bits per heavy atom. The second kappa shape index (κ2) is 7.93. The van der Waals surface area contributed by atoms with Crippen molar-refractivity contribution in [1.29, 1.82) is 0 Å². The van der Waals surface area contributed by atoms with E-state index in [9.17, 15) is 9.59 Å². The number of aromatic nitrogens is 1. The van der Waals surface area contributed by atoms with E-state index in [0.717, 1.165) is 5.69 Å². The summed E-state index contributed by atoms with van der Waals surface area (Å²) in [6.45, 7) is 2.33. The van der Waals surface area contributed by atoms with Crippen molar-refractivity contribution in [2.75, 3.05) is 11.9 Å². The van der Waals surface area contributed by atoms with Crippen LogP contribution in [0.5, 0.6) is 0 Å². The molecule has 2 N–H and O–H groups in total. The fraction of sp³-hybridized carbons (Fsp3) is 0.235. The summed E-state index contributed by atoms with van der Waals surface area (Å²) in [6.07, 6.45) is 0.918. The lowest BCUT2D eigenvalue weighted by Gasteiger charge is -2.06. The minimum atomic E-state index is -0.124. The van der Waals surface area contributed by atoms with Crippen LogP contribution in [-0.2, 0) is 4.79 Å². The topological polar surface area (TPSA) is 71.1 Å². The van der Waals surface area contributed by atoms with Crippen LogP contribution in [0, 0.1) is 6.92 Å². The molecule has 0 atom stereocenters. The summed E-state index contributed by atoms with van der Waals surface area (Å²) in [5, 5.41) is 5.53. The maximum absolute atomic E-state index is 11.8. The first-order valence-corrected chi connectivity index (χ1v) is 7.22. The van der Waals surface area contributed by atoms with Crippen molar-refractivity contribution >= 4 is 17.6 Å². The van der Waals surface area contributed by atoms with Gasteiger partial charge in [-0.05, 0) is 37.6 Å². The Morgan fingerprint density at radius 1 is 1.05 bits per heavy atom. The number of hydrogen-bond donors (Lipinski definition) is 2. The van der Waals surface area contributed by atoms with Crippen molar-refractivity contribution in [3.05, 3.63) is 59.8 Å². The smallest absolute Gasteiger partial charge is 0.251 e. The van der Waals surface area contributed by atoms with Crippen LogP contribution in [0.25, 0.3) is 0 Å². The van der Waals surface area contributed by atoms with Crippen LogP contribution in [0.3, 0.4) is 0 Å². The third kappa shape index (κ3) is 5.01. The van der Waals surface area contributed by atoms with Gasteiger partial charge in [-0.3, -0.25) is 9.59 Å². The Balaban J connectivity index is 1.68. The molecule has 0 fully saturated rings. The predicted molar refractivity (Wildman–Crippen MR) is 85.6 cm³/mol. The van der Waals surface area contributed by atoms with E-state index in [0.29, 0.717) is 30.8 Å². The molecule has 2 rings (SSSR count). The zero-order chi connectivity index (χ0) is 15.8. The van der Waals surface area contributed by atoms with Crippen molar-refractivity contribution in [2.24, 2.45) is 0 Å². The summed E-state index contributed by atoms with van der Waals surface area (Å²) >= 11 is 0. The van der Waals surface area contributed by atoms with Crippen molar-refractivity contribution in [1.82, 2.24) is 10.3 Å². The Bertz CT molecular complexity index is 641. The summed E-state index contributed by atoms with van der Waals surface area (Å²) in [4.78, 5) is 27.8. The molecule has 1 aromatic carbocycles. The van der Waals surface area contributed by atoms with Gasteiger partial charge in [0.1, 0.15) is 5.82 Å². The molecule has 1 aromatic heterocycles. The zero-order valence-corrected chi connectivity index (χ0v) is 12.5. The first kappa shape index (κ1) is 15.7. The number of nitrogens with zero attached hydrogens (tertiary/aromatic N) is 1. The molecular formula is C17H19N3O2. The van der Waals surface area contributed by atoms with E-state index >= 15 is 0 Å². The van der Waals surface area contributed by atoms with Gasteiger partial charge < -0.3 is 10.6 Å². The van der Waals surface area contributed by atoms with E-state index in [1.165, 1.54) is 0 Å². The lowest BCUT2D eigenvalue weighted by Crippen LogP contribution is -2.25. The number of rotatable bonds is 6.